The number of carbonyl (C=O) groups excluding carboxylic acids is 2. The van der Waals surface area contributed by atoms with Gasteiger partial charge in [-0.1, -0.05) is 37.1 Å². The van der Waals surface area contributed by atoms with E-state index in [4.69, 9.17) is 4.42 Å². The van der Waals surface area contributed by atoms with Gasteiger partial charge in [0.1, 0.15) is 10.9 Å². The van der Waals surface area contributed by atoms with E-state index in [1.165, 1.54) is 11.3 Å². The van der Waals surface area contributed by atoms with E-state index in [1.807, 2.05) is 43.6 Å². The minimum Gasteiger partial charge on any atom is -0.438 e. The van der Waals surface area contributed by atoms with E-state index in [0.717, 1.165) is 36.1 Å². The highest BCUT2D eigenvalue weighted by molar-refractivity contribution is 7.11. The molecule has 35 heavy (non-hydrogen) atoms. The molecule has 10 heteroatoms. The van der Waals surface area contributed by atoms with Crippen LogP contribution < -0.4 is 10.6 Å². The Morgan fingerprint density at radius 1 is 1.09 bits per heavy atom. The predicted octanol–water partition coefficient (Wildman–Crippen LogP) is 4.37. The van der Waals surface area contributed by atoms with Crippen molar-refractivity contribution >= 4 is 23.2 Å². The van der Waals surface area contributed by atoms with Gasteiger partial charge in [-0.3, -0.25) is 19.3 Å². The number of nitrogens with zero attached hydrogens (tertiary/aromatic N) is 4. The number of nitrogens with one attached hydrogen (secondary N) is 2. The molecule has 0 saturated heterocycles. The lowest BCUT2D eigenvalue weighted by Gasteiger charge is -2.15. The van der Waals surface area contributed by atoms with Gasteiger partial charge < -0.3 is 15.1 Å². The number of aryl methyl sites for hydroxylation is 1. The molecule has 0 saturated carbocycles. The van der Waals surface area contributed by atoms with Crippen molar-refractivity contribution in [1.82, 2.24) is 30.4 Å². The van der Waals surface area contributed by atoms with E-state index in [2.05, 4.69) is 25.7 Å². The third kappa shape index (κ3) is 6.42. The monoisotopic (exact) mass is 492 g/mol. The molecule has 9 nitrogen and oxygen atoms in total. The van der Waals surface area contributed by atoms with E-state index < -0.39 is 0 Å². The van der Waals surface area contributed by atoms with Crippen LogP contribution in [-0.2, 0) is 11.8 Å². The summed E-state index contributed by atoms with van der Waals surface area (Å²) < 4.78 is 7.86. The van der Waals surface area contributed by atoms with Crippen LogP contribution in [-0.4, -0.2) is 38.6 Å². The highest BCUT2D eigenvalue weighted by Gasteiger charge is 2.22. The van der Waals surface area contributed by atoms with E-state index in [-0.39, 0.29) is 17.9 Å². The molecule has 2 N–H and O–H groups in total. The Balaban J connectivity index is 1.45. The second-order valence-corrected chi connectivity index (χ2v) is 9.07. The van der Waals surface area contributed by atoms with Crippen molar-refractivity contribution in [2.75, 3.05) is 7.05 Å². The molecule has 0 fully saturated rings. The fourth-order valence-corrected chi connectivity index (χ4v) is 4.23. The van der Waals surface area contributed by atoms with Gasteiger partial charge >= 0.3 is 0 Å². The zero-order valence-electron chi connectivity index (χ0n) is 19.7. The normalized spacial score (nSPS) is 11.8. The fourth-order valence-electron chi connectivity index (χ4n) is 3.71. The number of oxazole rings is 1. The van der Waals surface area contributed by atoms with Crippen LogP contribution >= 0.6 is 11.3 Å². The van der Waals surface area contributed by atoms with Gasteiger partial charge in [0, 0.05) is 37.8 Å². The lowest BCUT2D eigenvalue weighted by atomic mass is 10.1. The lowest BCUT2D eigenvalue weighted by Crippen LogP contribution is -2.28. The first-order valence-corrected chi connectivity index (χ1v) is 12.4. The minimum atomic E-state index is -0.383. The van der Waals surface area contributed by atoms with Crippen LogP contribution in [0.25, 0.3) is 22.6 Å². The first-order valence-electron chi connectivity index (χ1n) is 11.5. The molecule has 0 radical (unpaired) electrons. The molecule has 4 aromatic rings. The van der Waals surface area contributed by atoms with E-state index in [1.54, 1.807) is 29.6 Å². The number of unbranched alkanes of at least 4 members (excludes halogenated alkanes) is 2. The maximum absolute atomic E-state index is 12.7. The van der Waals surface area contributed by atoms with Gasteiger partial charge in [0.15, 0.2) is 5.76 Å². The van der Waals surface area contributed by atoms with Crippen LogP contribution in [0.4, 0.5) is 0 Å². The first kappa shape index (κ1) is 24.3. The van der Waals surface area contributed by atoms with Crippen molar-refractivity contribution < 1.29 is 14.0 Å². The summed E-state index contributed by atoms with van der Waals surface area (Å²) >= 11 is 1.28. The summed E-state index contributed by atoms with van der Waals surface area (Å²) in [5.74, 6) is 0.913. The summed E-state index contributed by atoms with van der Waals surface area (Å²) in [5, 5.41) is 10.1. The molecule has 0 aliphatic heterocycles. The summed E-state index contributed by atoms with van der Waals surface area (Å²) in [6, 6.07) is 9.51. The number of benzene rings is 1. The van der Waals surface area contributed by atoms with Gasteiger partial charge in [-0.05, 0) is 18.9 Å². The standard InChI is InChI=1S/C25H28N6O3S/c1-26-23(32)7-5-3-4-6-20(29-24(33)22-15-27-16-35-22)25-28-14-21(34-25)18-10-8-17(9-11-18)19-12-13-31(2)30-19/h8-16,20H,3-7H2,1-2H3,(H,26,32)(H,29,33). The molecule has 182 valence electrons. The van der Waals surface area contributed by atoms with Gasteiger partial charge in [0.05, 0.1) is 23.6 Å². The van der Waals surface area contributed by atoms with Crippen molar-refractivity contribution in [2.45, 2.75) is 38.1 Å². The number of rotatable bonds is 11. The Kier molecular flexibility index (Phi) is 8.04. The van der Waals surface area contributed by atoms with Crippen LogP contribution in [0, 0.1) is 0 Å². The van der Waals surface area contributed by atoms with Gasteiger partial charge in [-0.15, -0.1) is 11.3 Å². The Bertz CT molecular complexity index is 1250. The van der Waals surface area contributed by atoms with Gasteiger partial charge in [0.25, 0.3) is 5.91 Å². The summed E-state index contributed by atoms with van der Waals surface area (Å²) in [6.07, 6.45) is 8.75. The molecule has 1 atom stereocenters. The molecule has 0 aliphatic carbocycles. The Morgan fingerprint density at radius 3 is 2.57 bits per heavy atom. The molecule has 0 spiro atoms. The Hall–Kier alpha value is -3.79. The third-order valence-electron chi connectivity index (χ3n) is 5.64. The highest BCUT2D eigenvalue weighted by atomic mass is 32.1. The second kappa shape index (κ2) is 11.6. The molecule has 2 amide bonds. The maximum Gasteiger partial charge on any atom is 0.263 e. The molecular weight excluding hydrogens is 464 g/mol. The lowest BCUT2D eigenvalue weighted by molar-refractivity contribution is -0.120. The molecule has 0 aliphatic rings. The molecule has 3 heterocycles. The summed E-state index contributed by atoms with van der Waals surface area (Å²) in [7, 11) is 3.53. The maximum atomic E-state index is 12.7. The largest absolute Gasteiger partial charge is 0.438 e. The summed E-state index contributed by atoms with van der Waals surface area (Å²) in [4.78, 5) is 33.1. The molecule has 4 rings (SSSR count). The van der Waals surface area contributed by atoms with E-state index in [0.29, 0.717) is 29.4 Å². The zero-order valence-corrected chi connectivity index (χ0v) is 20.5. The average Bonchev–Trinajstić information content (AvgIpc) is 3.65. The highest BCUT2D eigenvalue weighted by Crippen LogP contribution is 2.28. The van der Waals surface area contributed by atoms with E-state index in [9.17, 15) is 9.59 Å². The number of thiazole rings is 1. The number of aromatic nitrogens is 4. The second-order valence-electron chi connectivity index (χ2n) is 8.18. The van der Waals surface area contributed by atoms with Crippen molar-refractivity contribution in [2.24, 2.45) is 7.05 Å². The SMILES string of the molecule is CNC(=O)CCCCCC(NC(=O)c1cncs1)c1ncc(-c2ccc(-c3ccn(C)n3)cc2)o1. The summed E-state index contributed by atoms with van der Waals surface area (Å²) in [5.41, 5.74) is 4.43. The summed E-state index contributed by atoms with van der Waals surface area (Å²) in [6.45, 7) is 0. The quantitative estimate of drug-likeness (QED) is 0.301. The number of amides is 2. The van der Waals surface area contributed by atoms with Crippen molar-refractivity contribution in [3.63, 3.8) is 0 Å². The van der Waals surface area contributed by atoms with Crippen LogP contribution in [0.3, 0.4) is 0 Å². The fraction of sp³-hybridized carbons (Fsp3) is 0.320. The Morgan fingerprint density at radius 2 is 1.89 bits per heavy atom. The van der Waals surface area contributed by atoms with Gasteiger partial charge in [-0.2, -0.15) is 5.10 Å². The molecule has 0 bridgehead atoms. The van der Waals surface area contributed by atoms with Crippen LogP contribution in [0.15, 0.2) is 58.9 Å². The van der Waals surface area contributed by atoms with E-state index >= 15 is 0 Å². The molecule has 1 unspecified atom stereocenters. The molecular formula is C25H28N6O3S. The topological polar surface area (TPSA) is 115 Å². The minimum absolute atomic E-state index is 0.0338. The Labute approximate surface area is 207 Å². The van der Waals surface area contributed by atoms with Gasteiger partial charge in [-0.25, -0.2) is 4.98 Å². The van der Waals surface area contributed by atoms with Crippen molar-refractivity contribution in [1.29, 1.82) is 0 Å². The van der Waals surface area contributed by atoms with Crippen molar-refractivity contribution in [3.05, 3.63) is 65.2 Å². The number of hydrogen-bond acceptors (Lipinski definition) is 7. The smallest absolute Gasteiger partial charge is 0.263 e. The van der Waals surface area contributed by atoms with Crippen molar-refractivity contribution in [3.8, 4) is 22.6 Å². The first-order chi connectivity index (χ1) is 17.0. The number of hydrogen-bond donors (Lipinski definition) is 2. The van der Waals surface area contributed by atoms with Gasteiger partial charge in [0.2, 0.25) is 11.8 Å². The average molecular weight is 493 g/mol. The van der Waals surface area contributed by atoms with Crippen LogP contribution in [0.1, 0.15) is 53.7 Å². The molecule has 3 aromatic heterocycles. The molecule has 1 aromatic carbocycles. The zero-order chi connectivity index (χ0) is 24.6. The number of carbonyl (C=O) groups is 2. The van der Waals surface area contributed by atoms with Crippen LogP contribution in [0.5, 0.6) is 0 Å². The predicted molar refractivity (Wildman–Crippen MR) is 134 cm³/mol. The van der Waals surface area contributed by atoms with Crippen LogP contribution in [0.2, 0.25) is 0 Å². The third-order valence-corrected chi connectivity index (χ3v) is 6.41.